The first kappa shape index (κ1) is 13.8. The van der Waals surface area contributed by atoms with E-state index in [1.54, 1.807) is 0 Å². The van der Waals surface area contributed by atoms with Crippen LogP contribution in [0.1, 0.15) is 38.5 Å². The summed E-state index contributed by atoms with van der Waals surface area (Å²) in [6.45, 7) is 2.88. The molecule has 4 nitrogen and oxygen atoms in total. The van der Waals surface area contributed by atoms with Gasteiger partial charge in [-0.3, -0.25) is 4.79 Å². The topological polar surface area (TPSA) is 61.4 Å². The second-order valence-electron chi connectivity index (χ2n) is 5.78. The standard InChI is InChI=1S/C14H26N2O2/c17-10-13-5-2-1-4-11(13)9-16-14(18)12-6-3-7-15-8-12/h11-13,15,17H,1-10H2,(H,16,18). The lowest BCUT2D eigenvalue weighted by molar-refractivity contribution is -0.125. The monoisotopic (exact) mass is 254 g/mol. The van der Waals surface area contributed by atoms with Crippen LogP contribution in [0.25, 0.3) is 0 Å². The summed E-state index contributed by atoms with van der Waals surface area (Å²) < 4.78 is 0. The van der Waals surface area contributed by atoms with E-state index in [9.17, 15) is 9.90 Å². The van der Waals surface area contributed by atoms with Crippen LogP contribution in [0.4, 0.5) is 0 Å². The molecule has 2 fully saturated rings. The van der Waals surface area contributed by atoms with E-state index in [-0.39, 0.29) is 18.4 Å². The van der Waals surface area contributed by atoms with Gasteiger partial charge in [-0.25, -0.2) is 0 Å². The van der Waals surface area contributed by atoms with E-state index < -0.39 is 0 Å². The number of hydrogen-bond donors (Lipinski definition) is 3. The molecule has 1 aliphatic heterocycles. The first-order chi connectivity index (χ1) is 8.81. The molecule has 2 rings (SSSR count). The van der Waals surface area contributed by atoms with Gasteiger partial charge in [-0.2, -0.15) is 0 Å². The fourth-order valence-corrected chi connectivity index (χ4v) is 3.25. The van der Waals surface area contributed by atoms with Gasteiger partial charge < -0.3 is 15.7 Å². The number of piperidine rings is 1. The first-order valence-electron chi connectivity index (χ1n) is 7.40. The molecule has 3 N–H and O–H groups in total. The second-order valence-corrected chi connectivity index (χ2v) is 5.78. The minimum Gasteiger partial charge on any atom is -0.396 e. The Hall–Kier alpha value is -0.610. The van der Waals surface area contributed by atoms with Gasteiger partial charge in [0, 0.05) is 19.7 Å². The lowest BCUT2D eigenvalue weighted by Crippen LogP contribution is -2.43. The number of hydrogen-bond acceptors (Lipinski definition) is 3. The maximum atomic E-state index is 12.0. The number of rotatable bonds is 4. The highest BCUT2D eigenvalue weighted by atomic mass is 16.3. The Balaban J connectivity index is 1.73. The van der Waals surface area contributed by atoms with Crippen LogP contribution in [0, 0.1) is 17.8 Å². The Bertz CT molecular complexity index is 265. The summed E-state index contributed by atoms with van der Waals surface area (Å²) in [5.74, 6) is 1.21. The Labute approximate surface area is 110 Å². The predicted octanol–water partition coefficient (Wildman–Crippen LogP) is 0.901. The number of nitrogens with one attached hydrogen (secondary N) is 2. The van der Waals surface area contributed by atoms with Gasteiger partial charge in [-0.1, -0.05) is 12.8 Å². The van der Waals surface area contributed by atoms with Gasteiger partial charge in [0.15, 0.2) is 0 Å². The molecular formula is C14H26N2O2. The third-order valence-corrected chi connectivity index (χ3v) is 4.51. The summed E-state index contributed by atoms with van der Waals surface area (Å²) in [6, 6.07) is 0. The Kier molecular flexibility index (Phi) is 5.45. The zero-order chi connectivity index (χ0) is 12.8. The molecule has 0 aromatic carbocycles. The third-order valence-electron chi connectivity index (χ3n) is 4.51. The van der Waals surface area contributed by atoms with Crippen molar-refractivity contribution in [1.82, 2.24) is 10.6 Å². The van der Waals surface area contributed by atoms with Crippen molar-refractivity contribution < 1.29 is 9.90 Å². The SMILES string of the molecule is O=C(NCC1CCCCC1CO)C1CCCNC1. The van der Waals surface area contributed by atoms with Crippen molar-refractivity contribution in [2.24, 2.45) is 17.8 Å². The molecule has 0 bridgehead atoms. The maximum absolute atomic E-state index is 12.0. The number of carbonyl (C=O) groups is 1. The van der Waals surface area contributed by atoms with Crippen molar-refractivity contribution in [3.8, 4) is 0 Å². The van der Waals surface area contributed by atoms with E-state index in [4.69, 9.17) is 0 Å². The highest BCUT2D eigenvalue weighted by molar-refractivity contribution is 5.78. The quantitative estimate of drug-likeness (QED) is 0.698. The Morgan fingerprint density at radius 2 is 1.94 bits per heavy atom. The molecular weight excluding hydrogens is 228 g/mol. The lowest BCUT2D eigenvalue weighted by atomic mass is 9.79. The van der Waals surface area contributed by atoms with Crippen molar-refractivity contribution in [3.63, 3.8) is 0 Å². The van der Waals surface area contributed by atoms with Crippen LogP contribution in [0.15, 0.2) is 0 Å². The van der Waals surface area contributed by atoms with Crippen LogP contribution in [0.5, 0.6) is 0 Å². The molecule has 0 radical (unpaired) electrons. The summed E-state index contributed by atoms with van der Waals surface area (Å²) >= 11 is 0. The van der Waals surface area contributed by atoms with Gasteiger partial charge in [0.1, 0.15) is 0 Å². The van der Waals surface area contributed by atoms with Crippen LogP contribution < -0.4 is 10.6 Å². The van der Waals surface area contributed by atoms with Crippen LogP contribution in [-0.4, -0.2) is 37.3 Å². The van der Waals surface area contributed by atoms with Gasteiger partial charge in [0.05, 0.1) is 5.92 Å². The number of aliphatic hydroxyl groups is 1. The molecule has 1 heterocycles. The van der Waals surface area contributed by atoms with Crippen molar-refractivity contribution in [2.45, 2.75) is 38.5 Å². The van der Waals surface area contributed by atoms with Gasteiger partial charge >= 0.3 is 0 Å². The number of aliphatic hydroxyl groups excluding tert-OH is 1. The highest BCUT2D eigenvalue weighted by Crippen LogP contribution is 2.29. The maximum Gasteiger partial charge on any atom is 0.224 e. The van der Waals surface area contributed by atoms with E-state index in [1.165, 1.54) is 12.8 Å². The third kappa shape index (κ3) is 3.69. The summed E-state index contributed by atoms with van der Waals surface area (Å²) in [7, 11) is 0. The minimum absolute atomic E-state index is 0.148. The number of carbonyl (C=O) groups excluding carboxylic acids is 1. The van der Waals surface area contributed by atoms with Crippen molar-refractivity contribution in [1.29, 1.82) is 0 Å². The zero-order valence-corrected chi connectivity index (χ0v) is 11.2. The van der Waals surface area contributed by atoms with Gasteiger partial charge in [-0.05, 0) is 44.1 Å². The normalized spacial score (nSPS) is 33.1. The van der Waals surface area contributed by atoms with Gasteiger partial charge in [0.25, 0.3) is 0 Å². The predicted molar refractivity (Wildman–Crippen MR) is 71.1 cm³/mol. The van der Waals surface area contributed by atoms with E-state index in [0.717, 1.165) is 45.3 Å². The zero-order valence-electron chi connectivity index (χ0n) is 11.2. The largest absolute Gasteiger partial charge is 0.396 e. The molecule has 2 aliphatic rings. The number of amides is 1. The molecule has 0 aromatic rings. The van der Waals surface area contributed by atoms with Gasteiger partial charge in [-0.15, -0.1) is 0 Å². The molecule has 0 spiro atoms. The molecule has 3 unspecified atom stereocenters. The fourth-order valence-electron chi connectivity index (χ4n) is 3.25. The van der Waals surface area contributed by atoms with Crippen LogP contribution in [0.2, 0.25) is 0 Å². The molecule has 18 heavy (non-hydrogen) atoms. The molecule has 0 aromatic heterocycles. The van der Waals surface area contributed by atoms with Gasteiger partial charge in [0.2, 0.25) is 5.91 Å². The molecule has 104 valence electrons. The minimum atomic E-state index is 0.148. The molecule has 1 saturated heterocycles. The summed E-state index contributed by atoms with van der Waals surface area (Å²) in [5, 5.41) is 15.7. The van der Waals surface area contributed by atoms with Crippen molar-refractivity contribution in [3.05, 3.63) is 0 Å². The molecule has 4 heteroatoms. The average Bonchev–Trinajstić information content (AvgIpc) is 2.46. The van der Waals surface area contributed by atoms with Crippen LogP contribution in [0.3, 0.4) is 0 Å². The first-order valence-corrected chi connectivity index (χ1v) is 7.40. The average molecular weight is 254 g/mol. The van der Waals surface area contributed by atoms with E-state index in [1.807, 2.05) is 0 Å². The fraction of sp³-hybridized carbons (Fsp3) is 0.929. The smallest absolute Gasteiger partial charge is 0.224 e. The highest BCUT2D eigenvalue weighted by Gasteiger charge is 2.26. The molecule has 1 amide bonds. The molecule has 3 atom stereocenters. The van der Waals surface area contributed by atoms with Crippen LogP contribution >= 0.6 is 0 Å². The Morgan fingerprint density at radius 3 is 2.61 bits per heavy atom. The molecule has 1 saturated carbocycles. The van der Waals surface area contributed by atoms with E-state index in [0.29, 0.717) is 11.8 Å². The summed E-state index contributed by atoms with van der Waals surface area (Å²) in [6.07, 6.45) is 6.83. The lowest BCUT2D eigenvalue weighted by Gasteiger charge is -2.31. The van der Waals surface area contributed by atoms with Crippen molar-refractivity contribution in [2.75, 3.05) is 26.2 Å². The summed E-state index contributed by atoms with van der Waals surface area (Å²) in [5.41, 5.74) is 0. The van der Waals surface area contributed by atoms with E-state index in [2.05, 4.69) is 10.6 Å². The van der Waals surface area contributed by atoms with Crippen molar-refractivity contribution >= 4 is 5.91 Å². The molecule has 1 aliphatic carbocycles. The second kappa shape index (κ2) is 7.10. The summed E-state index contributed by atoms with van der Waals surface area (Å²) in [4.78, 5) is 12.0. The van der Waals surface area contributed by atoms with Crippen LogP contribution in [-0.2, 0) is 4.79 Å². The Morgan fingerprint density at radius 1 is 1.17 bits per heavy atom. The van der Waals surface area contributed by atoms with E-state index >= 15 is 0 Å².